The highest BCUT2D eigenvalue weighted by Gasteiger charge is 2.21. The molecule has 0 aliphatic rings. The summed E-state index contributed by atoms with van der Waals surface area (Å²) in [5, 5.41) is 23.0. The van der Waals surface area contributed by atoms with Crippen LogP contribution in [0.25, 0.3) is 11.1 Å². The van der Waals surface area contributed by atoms with Gasteiger partial charge in [-0.1, -0.05) is 19.9 Å². The monoisotopic (exact) mass is 502 g/mol. The van der Waals surface area contributed by atoms with Gasteiger partial charge in [0.25, 0.3) is 11.8 Å². The highest BCUT2D eigenvalue weighted by molar-refractivity contribution is 6.11. The van der Waals surface area contributed by atoms with Crippen molar-refractivity contribution in [3.8, 4) is 16.9 Å². The quantitative estimate of drug-likeness (QED) is 0.205. The van der Waals surface area contributed by atoms with E-state index in [-0.39, 0.29) is 39.9 Å². The van der Waals surface area contributed by atoms with Crippen molar-refractivity contribution in [2.45, 2.75) is 20.8 Å². The van der Waals surface area contributed by atoms with E-state index in [4.69, 9.17) is 15.9 Å². The number of nitrogens with two attached hydrogens (primary N) is 1. The number of nitrogens with one attached hydrogen (secondary N) is 3. The molecule has 0 saturated heterocycles. The molecule has 0 spiro atoms. The second kappa shape index (κ2) is 11.9. The van der Waals surface area contributed by atoms with E-state index in [9.17, 15) is 19.5 Å². The second-order valence-corrected chi connectivity index (χ2v) is 8.75. The van der Waals surface area contributed by atoms with Crippen LogP contribution in [0.1, 0.15) is 57.4 Å². The van der Waals surface area contributed by atoms with E-state index in [0.717, 1.165) is 0 Å². The first kappa shape index (κ1) is 26.9. The highest BCUT2D eigenvalue weighted by atomic mass is 16.5. The molecule has 2 amide bonds. The van der Waals surface area contributed by atoms with E-state index in [1.807, 2.05) is 20.8 Å². The van der Waals surface area contributed by atoms with E-state index in [2.05, 4.69) is 10.6 Å². The third-order valence-electron chi connectivity index (χ3n) is 5.47. The number of carbonyl (C=O) groups excluding carboxylic acids is 2. The Morgan fingerprint density at radius 1 is 0.919 bits per heavy atom. The largest absolute Gasteiger partial charge is 0.494 e. The normalized spacial score (nSPS) is 10.6. The number of carbonyl (C=O) groups is 3. The first-order valence-corrected chi connectivity index (χ1v) is 11.8. The Labute approximate surface area is 215 Å². The fourth-order valence-electron chi connectivity index (χ4n) is 3.63. The number of hydrogen-bond acceptors (Lipinski definition) is 5. The average Bonchev–Trinajstić information content (AvgIpc) is 2.87. The van der Waals surface area contributed by atoms with Crippen LogP contribution in [0.2, 0.25) is 0 Å². The summed E-state index contributed by atoms with van der Waals surface area (Å²) >= 11 is 0. The van der Waals surface area contributed by atoms with Crippen molar-refractivity contribution in [2.24, 2.45) is 11.7 Å². The number of anilines is 1. The number of hydrogen-bond donors (Lipinski definition) is 5. The number of ether oxygens (including phenoxy) is 1. The lowest BCUT2D eigenvalue weighted by molar-refractivity contribution is 0.0697. The molecule has 0 aromatic heterocycles. The van der Waals surface area contributed by atoms with Crippen molar-refractivity contribution in [3.05, 3.63) is 82.9 Å². The maximum absolute atomic E-state index is 13.3. The first-order chi connectivity index (χ1) is 17.6. The Hall–Kier alpha value is -4.66. The van der Waals surface area contributed by atoms with Crippen LogP contribution in [-0.2, 0) is 0 Å². The van der Waals surface area contributed by atoms with Crippen molar-refractivity contribution in [1.29, 1.82) is 5.41 Å². The maximum atomic E-state index is 13.3. The second-order valence-electron chi connectivity index (χ2n) is 8.75. The molecule has 9 heteroatoms. The van der Waals surface area contributed by atoms with Gasteiger partial charge in [-0.3, -0.25) is 15.0 Å². The Balaban J connectivity index is 2.03. The summed E-state index contributed by atoms with van der Waals surface area (Å²) in [7, 11) is 0. The molecule has 3 aromatic rings. The summed E-state index contributed by atoms with van der Waals surface area (Å²) in [5.74, 6) is -1.49. The fourth-order valence-corrected chi connectivity index (χ4v) is 3.63. The van der Waals surface area contributed by atoms with Crippen molar-refractivity contribution >= 4 is 29.3 Å². The Morgan fingerprint density at radius 2 is 1.54 bits per heavy atom. The molecule has 0 atom stereocenters. The molecule has 0 saturated carbocycles. The molecule has 0 aliphatic heterocycles. The van der Waals surface area contributed by atoms with Crippen LogP contribution < -0.4 is 21.1 Å². The molecular formula is C28H30N4O5. The summed E-state index contributed by atoms with van der Waals surface area (Å²) in [6.45, 7) is 6.58. The lowest BCUT2D eigenvalue weighted by atomic mass is 9.93. The van der Waals surface area contributed by atoms with Gasteiger partial charge in [-0.15, -0.1) is 0 Å². The molecule has 3 rings (SSSR count). The minimum Gasteiger partial charge on any atom is -0.494 e. The zero-order valence-electron chi connectivity index (χ0n) is 20.9. The molecule has 3 aromatic carbocycles. The molecule has 0 fully saturated rings. The molecule has 192 valence electrons. The van der Waals surface area contributed by atoms with Gasteiger partial charge in [0.05, 0.1) is 17.7 Å². The molecular weight excluding hydrogens is 472 g/mol. The van der Waals surface area contributed by atoms with Gasteiger partial charge >= 0.3 is 5.97 Å². The zero-order valence-corrected chi connectivity index (χ0v) is 20.9. The summed E-state index contributed by atoms with van der Waals surface area (Å²) < 4.78 is 5.57. The Bertz CT molecular complexity index is 1330. The smallest absolute Gasteiger partial charge is 0.336 e. The highest BCUT2D eigenvalue weighted by Crippen LogP contribution is 2.32. The fraction of sp³-hybridized carbons (Fsp3) is 0.214. The maximum Gasteiger partial charge on any atom is 0.336 e. The predicted molar refractivity (Wildman–Crippen MR) is 143 cm³/mol. The summed E-state index contributed by atoms with van der Waals surface area (Å²) in [6.07, 6.45) is 0. The topological polar surface area (TPSA) is 155 Å². The van der Waals surface area contributed by atoms with Crippen LogP contribution in [0.15, 0.2) is 60.7 Å². The molecule has 9 nitrogen and oxygen atoms in total. The number of aromatic carboxylic acids is 1. The first-order valence-electron chi connectivity index (χ1n) is 11.8. The lowest BCUT2D eigenvalue weighted by Gasteiger charge is -2.16. The minimum atomic E-state index is -1.23. The van der Waals surface area contributed by atoms with Gasteiger partial charge in [-0.05, 0) is 78.6 Å². The number of amides is 2. The van der Waals surface area contributed by atoms with Crippen LogP contribution in [0.5, 0.6) is 5.75 Å². The van der Waals surface area contributed by atoms with Gasteiger partial charge in [-0.25, -0.2) is 4.79 Å². The van der Waals surface area contributed by atoms with Gasteiger partial charge in [0, 0.05) is 23.4 Å². The van der Waals surface area contributed by atoms with Crippen molar-refractivity contribution in [1.82, 2.24) is 5.32 Å². The van der Waals surface area contributed by atoms with Crippen molar-refractivity contribution < 1.29 is 24.2 Å². The van der Waals surface area contributed by atoms with Gasteiger partial charge in [0.1, 0.15) is 11.6 Å². The number of amidine groups is 1. The van der Waals surface area contributed by atoms with Crippen LogP contribution in [0.4, 0.5) is 5.69 Å². The van der Waals surface area contributed by atoms with Crippen LogP contribution in [0.3, 0.4) is 0 Å². The number of carboxylic acid groups (broad SMARTS) is 1. The van der Waals surface area contributed by atoms with E-state index < -0.39 is 11.9 Å². The SMILES string of the molecule is CCOc1ccc(-c2ccc(C(=O)NCC(C)C)cc2C(=O)O)c(C(=O)Nc2ccc(C(=N)N)cc2)c1. The predicted octanol–water partition coefficient (Wildman–Crippen LogP) is 4.37. The van der Waals surface area contributed by atoms with E-state index >= 15 is 0 Å². The van der Waals surface area contributed by atoms with Crippen LogP contribution >= 0.6 is 0 Å². The van der Waals surface area contributed by atoms with Crippen molar-refractivity contribution in [2.75, 3.05) is 18.5 Å². The van der Waals surface area contributed by atoms with Crippen LogP contribution in [0, 0.1) is 11.3 Å². The molecule has 0 bridgehead atoms. The summed E-state index contributed by atoms with van der Waals surface area (Å²) in [5.41, 5.74) is 7.43. The van der Waals surface area contributed by atoms with Crippen molar-refractivity contribution in [3.63, 3.8) is 0 Å². The average molecular weight is 503 g/mol. The molecule has 0 aliphatic carbocycles. The van der Waals surface area contributed by atoms with Crippen LogP contribution in [-0.4, -0.2) is 41.9 Å². The third-order valence-corrected chi connectivity index (χ3v) is 5.47. The van der Waals surface area contributed by atoms with E-state index in [0.29, 0.717) is 35.7 Å². The summed E-state index contributed by atoms with van der Waals surface area (Å²) in [4.78, 5) is 38.1. The third kappa shape index (κ3) is 6.72. The molecule has 0 unspecified atom stereocenters. The molecule has 0 radical (unpaired) electrons. The minimum absolute atomic E-state index is 0.0906. The molecule has 6 N–H and O–H groups in total. The molecule has 37 heavy (non-hydrogen) atoms. The van der Waals surface area contributed by atoms with Gasteiger partial charge in [-0.2, -0.15) is 0 Å². The Morgan fingerprint density at radius 3 is 2.14 bits per heavy atom. The van der Waals surface area contributed by atoms with E-state index in [1.54, 1.807) is 42.5 Å². The zero-order chi connectivity index (χ0) is 27.1. The lowest BCUT2D eigenvalue weighted by Crippen LogP contribution is -2.27. The Kier molecular flexibility index (Phi) is 8.63. The molecule has 0 heterocycles. The van der Waals surface area contributed by atoms with E-state index in [1.165, 1.54) is 18.2 Å². The van der Waals surface area contributed by atoms with Gasteiger partial charge in [0.15, 0.2) is 0 Å². The summed E-state index contributed by atoms with van der Waals surface area (Å²) in [6, 6.07) is 15.7. The number of benzene rings is 3. The number of rotatable bonds is 10. The number of carboxylic acids is 1. The standard InChI is InChI=1S/C28H30N4O5/c1-4-37-20-10-12-21(23(14-20)27(34)32-19-8-5-17(6-9-19)25(29)30)22-11-7-18(13-24(22)28(35)36)26(33)31-15-16(2)3/h5-14,16H,4,15H2,1-3H3,(H3,29,30)(H,31,33)(H,32,34)(H,35,36). The number of nitrogen functional groups attached to an aromatic ring is 1. The van der Waals surface area contributed by atoms with Gasteiger partial charge < -0.3 is 26.2 Å². The van der Waals surface area contributed by atoms with Gasteiger partial charge in [0.2, 0.25) is 0 Å².